The summed E-state index contributed by atoms with van der Waals surface area (Å²) in [6, 6.07) is 7.72. The lowest BCUT2D eigenvalue weighted by Gasteiger charge is -2.12. The largest absolute Gasteiger partial charge is 0.389 e. The summed E-state index contributed by atoms with van der Waals surface area (Å²) in [5.41, 5.74) is 7.50. The fourth-order valence-corrected chi connectivity index (χ4v) is 3.22. The van der Waals surface area contributed by atoms with E-state index in [0.717, 1.165) is 35.8 Å². The van der Waals surface area contributed by atoms with E-state index in [4.69, 9.17) is 18.0 Å². The van der Waals surface area contributed by atoms with Crippen LogP contribution in [0, 0.1) is 17.8 Å². The van der Waals surface area contributed by atoms with Crippen molar-refractivity contribution in [2.45, 2.75) is 25.8 Å². The molecule has 2 aliphatic carbocycles. The maximum Gasteiger partial charge on any atom is 0.223 e. The lowest BCUT2D eigenvalue weighted by atomic mass is 10.0. The molecule has 0 saturated heterocycles. The predicted molar refractivity (Wildman–Crippen MR) is 78.5 cm³/mol. The van der Waals surface area contributed by atoms with E-state index < -0.39 is 0 Å². The van der Waals surface area contributed by atoms with Gasteiger partial charge in [0, 0.05) is 18.0 Å². The number of hydrogen-bond acceptors (Lipinski definition) is 2. The molecule has 1 amide bonds. The molecule has 1 aromatic rings. The third-order valence-corrected chi connectivity index (χ3v) is 4.53. The van der Waals surface area contributed by atoms with Crippen molar-refractivity contribution in [1.82, 2.24) is 5.32 Å². The highest BCUT2D eigenvalue weighted by atomic mass is 32.1. The summed E-state index contributed by atoms with van der Waals surface area (Å²) in [6.07, 6.45) is 3.52. The van der Waals surface area contributed by atoms with Crippen LogP contribution in [0.2, 0.25) is 0 Å². The summed E-state index contributed by atoms with van der Waals surface area (Å²) in [4.78, 5) is 12.4. The Hall–Kier alpha value is -1.42. The maximum atomic E-state index is 12.0. The molecule has 0 bridgehead atoms. The SMILES string of the molecule is NC(=S)c1cccc(CNC(=O)C2CC3CC3C2)c1. The first-order valence-corrected chi connectivity index (χ1v) is 7.21. The van der Waals surface area contributed by atoms with Crippen molar-refractivity contribution in [1.29, 1.82) is 0 Å². The van der Waals surface area contributed by atoms with Crippen molar-refractivity contribution in [3.05, 3.63) is 35.4 Å². The van der Waals surface area contributed by atoms with Gasteiger partial charge in [0.15, 0.2) is 0 Å². The molecule has 3 N–H and O–H groups in total. The number of carbonyl (C=O) groups excluding carboxylic acids is 1. The molecule has 0 radical (unpaired) electrons. The molecular weight excluding hydrogens is 256 g/mol. The Labute approximate surface area is 118 Å². The van der Waals surface area contributed by atoms with Crippen LogP contribution in [0.15, 0.2) is 24.3 Å². The first-order chi connectivity index (χ1) is 9.13. The lowest BCUT2D eigenvalue weighted by Crippen LogP contribution is -2.29. The van der Waals surface area contributed by atoms with Crippen LogP contribution in [0.4, 0.5) is 0 Å². The fraction of sp³-hybridized carbons (Fsp3) is 0.467. The van der Waals surface area contributed by atoms with E-state index in [9.17, 15) is 4.79 Å². The molecule has 3 rings (SSSR count). The predicted octanol–water partition coefficient (Wildman–Crippen LogP) is 1.98. The highest BCUT2D eigenvalue weighted by Gasteiger charge is 2.47. The van der Waals surface area contributed by atoms with Crippen molar-refractivity contribution in [2.75, 3.05) is 0 Å². The second-order valence-electron chi connectivity index (χ2n) is 5.71. The van der Waals surface area contributed by atoms with Gasteiger partial charge in [-0.1, -0.05) is 30.4 Å². The van der Waals surface area contributed by atoms with Crippen molar-refractivity contribution >= 4 is 23.1 Å². The molecule has 2 saturated carbocycles. The lowest BCUT2D eigenvalue weighted by molar-refractivity contribution is -0.125. The molecule has 2 aliphatic rings. The average Bonchev–Trinajstić information content (AvgIpc) is 3.03. The van der Waals surface area contributed by atoms with E-state index in [-0.39, 0.29) is 11.8 Å². The van der Waals surface area contributed by atoms with E-state index in [0.29, 0.717) is 11.5 Å². The van der Waals surface area contributed by atoms with Crippen molar-refractivity contribution < 1.29 is 4.79 Å². The number of hydrogen-bond donors (Lipinski definition) is 2. The number of amides is 1. The van der Waals surface area contributed by atoms with E-state index in [1.165, 1.54) is 6.42 Å². The molecule has 3 nitrogen and oxygen atoms in total. The first kappa shape index (κ1) is 12.6. The van der Waals surface area contributed by atoms with E-state index in [1.54, 1.807) is 0 Å². The number of nitrogens with one attached hydrogen (secondary N) is 1. The van der Waals surface area contributed by atoms with Crippen LogP contribution in [-0.4, -0.2) is 10.9 Å². The molecular formula is C15H18N2OS. The van der Waals surface area contributed by atoms with Crippen molar-refractivity contribution in [3.8, 4) is 0 Å². The van der Waals surface area contributed by atoms with Gasteiger partial charge in [-0.2, -0.15) is 0 Å². The number of carbonyl (C=O) groups is 1. The number of rotatable bonds is 4. The average molecular weight is 274 g/mol. The normalized spacial score (nSPS) is 27.7. The minimum Gasteiger partial charge on any atom is -0.389 e. The van der Waals surface area contributed by atoms with E-state index >= 15 is 0 Å². The number of thiocarbonyl (C=S) groups is 1. The van der Waals surface area contributed by atoms with Gasteiger partial charge in [-0.05, 0) is 42.7 Å². The van der Waals surface area contributed by atoms with Gasteiger partial charge < -0.3 is 11.1 Å². The second-order valence-corrected chi connectivity index (χ2v) is 6.15. The van der Waals surface area contributed by atoms with Crippen molar-refractivity contribution in [2.24, 2.45) is 23.5 Å². The van der Waals surface area contributed by atoms with Gasteiger partial charge in [0.25, 0.3) is 0 Å². The zero-order valence-corrected chi connectivity index (χ0v) is 11.6. The highest BCUT2D eigenvalue weighted by molar-refractivity contribution is 7.80. The highest BCUT2D eigenvalue weighted by Crippen LogP contribution is 2.54. The van der Waals surface area contributed by atoms with Gasteiger partial charge in [-0.25, -0.2) is 0 Å². The molecule has 0 aromatic heterocycles. The molecule has 0 aliphatic heterocycles. The zero-order chi connectivity index (χ0) is 13.4. The van der Waals surface area contributed by atoms with Crippen LogP contribution in [0.1, 0.15) is 30.4 Å². The third kappa shape index (κ3) is 2.78. The first-order valence-electron chi connectivity index (χ1n) is 6.80. The number of fused-ring (bicyclic) bond motifs is 1. The van der Waals surface area contributed by atoms with Gasteiger partial charge >= 0.3 is 0 Å². The Balaban J connectivity index is 1.55. The maximum absolute atomic E-state index is 12.0. The third-order valence-electron chi connectivity index (χ3n) is 4.29. The Morgan fingerprint density at radius 3 is 2.74 bits per heavy atom. The molecule has 1 aromatic carbocycles. The smallest absolute Gasteiger partial charge is 0.223 e. The number of benzene rings is 1. The van der Waals surface area contributed by atoms with Crippen LogP contribution in [0.3, 0.4) is 0 Å². The standard InChI is InChI=1S/C15H18N2OS/c16-14(19)10-3-1-2-9(4-10)8-17-15(18)13-6-11-5-12(11)7-13/h1-4,11-13H,5-8H2,(H2,16,19)(H,17,18). The summed E-state index contributed by atoms with van der Waals surface area (Å²) in [7, 11) is 0. The van der Waals surface area contributed by atoms with Gasteiger partial charge in [0.2, 0.25) is 5.91 Å². The van der Waals surface area contributed by atoms with Crippen LogP contribution in [0.5, 0.6) is 0 Å². The van der Waals surface area contributed by atoms with Crippen LogP contribution < -0.4 is 11.1 Å². The Morgan fingerprint density at radius 2 is 2.05 bits per heavy atom. The van der Waals surface area contributed by atoms with Gasteiger partial charge in [-0.15, -0.1) is 0 Å². The molecule has 4 heteroatoms. The topological polar surface area (TPSA) is 55.1 Å². The Kier molecular flexibility index (Phi) is 3.27. The summed E-state index contributed by atoms with van der Waals surface area (Å²) >= 11 is 4.95. The second kappa shape index (κ2) is 4.93. The van der Waals surface area contributed by atoms with Crippen LogP contribution in [0.25, 0.3) is 0 Å². The van der Waals surface area contributed by atoms with Gasteiger partial charge in [-0.3, -0.25) is 4.79 Å². The minimum absolute atomic E-state index is 0.202. The molecule has 0 spiro atoms. The Morgan fingerprint density at radius 1 is 1.32 bits per heavy atom. The summed E-state index contributed by atoms with van der Waals surface area (Å²) in [5, 5.41) is 3.03. The fourth-order valence-electron chi connectivity index (χ4n) is 3.10. The molecule has 0 heterocycles. The Bertz CT molecular complexity index is 519. The van der Waals surface area contributed by atoms with Gasteiger partial charge in [0.1, 0.15) is 4.99 Å². The quantitative estimate of drug-likeness (QED) is 0.826. The van der Waals surface area contributed by atoms with E-state index in [2.05, 4.69) is 5.32 Å². The molecule has 19 heavy (non-hydrogen) atoms. The molecule has 2 atom stereocenters. The summed E-state index contributed by atoms with van der Waals surface area (Å²) in [6.45, 7) is 0.557. The van der Waals surface area contributed by atoms with Crippen LogP contribution >= 0.6 is 12.2 Å². The summed E-state index contributed by atoms with van der Waals surface area (Å²) < 4.78 is 0. The molecule has 2 unspecified atom stereocenters. The van der Waals surface area contributed by atoms with Crippen LogP contribution in [-0.2, 0) is 11.3 Å². The van der Waals surface area contributed by atoms with Gasteiger partial charge in [0.05, 0.1) is 0 Å². The monoisotopic (exact) mass is 274 g/mol. The van der Waals surface area contributed by atoms with Crippen molar-refractivity contribution in [3.63, 3.8) is 0 Å². The number of nitrogens with two attached hydrogens (primary N) is 1. The van der Waals surface area contributed by atoms with E-state index in [1.807, 2.05) is 24.3 Å². The minimum atomic E-state index is 0.202. The molecule has 100 valence electrons. The zero-order valence-electron chi connectivity index (χ0n) is 10.8. The summed E-state index contributed by atoms with van der Waals surface area (Å²) in [5.74, 6) is 2.12. The molecule has 2 fully saturated rings.